The fourth-order valence-electron chi connectivity index (χ4n) is 10.7. The zero-order valence-electron chi connectivity index (χ0n) is 42.3. The molecule has 0 amide bonds. The van der Waals surface area contributed by atoms with Gasteiger partial charge < -0.3 is 20.1 Å². The normalized spacial score (nSPS) is 23.8. The second-order valence-electron chi connectivity index (χ2n) is 20.8. The molecule has 1 aromatic heterocycles. The Morgan fingerprint density at radius 1 is 0.349 bits per heavy atom. The molecule has 1 spiro atoms. The highest BCUT2D eigenvalue weighted by atomic mass is 16.7. The van der Waals surface area contributed by atoms with E-state index < -0.39 is 5.79 Å². The summed E-state index contributed by atoms with van der Waals surface area (Å²) < 4.78 is 12.7. The predicted molar refractivity (Wildman–Crippen MR) is 277 cm³/mol. The fraction of sp³-hybridized carbons (Fsp3) is 0.914. The van der Waals surface area contributed by atoms with Crippen molar-refractivity contribution in [3.8, 4) is 0 Å². The van der Waals surface area contributed by atoms with Crippen LogP contribution in [-0.4, -0.2) is 37.1 Å². The Balaban J connectivity index is 1.28. The van der Waals surface area contributed by atoms with E-state index in [4.69, 9.17) is 15.2 Å². The van der Waals surface area contributed by atoms with Crippen molar-refractivity contribution in [3.63, 3.8) is 0 Å². The van der Waals surface area contributed by atoms with E-state index in [0.29, 0.717) is 0 Å². The van der Waals surface area contributed by atoms with Gasteiger partial charge in [-0.2, -0.15) is 0 Å². The van der Waals surface area contributed by atoms with Crippen molar-refractivity contribution < 1.29 is 9.47 Å². The van der Waals surface area contributed by atoms with Gasteiger partial charge in [0.15, 0.2) is 5.79 Å². The van der Waals surface area contributed by atoms with Crippen LogP contribution < -0.4 is 10.6 Å². The van der Waals surface area contributed by atoms with Gasteiger partial charge in [0.1, 0.15) is 0 Å². The Bertz CT molecular complexity index is 1090. The minimum atomic E-state index is -0.429. The largest absolute Gasteiger partial charge is 0.396 e. The second-order valence-corrected chi connectivity index (χ2v) is 20.8. The molecule has 0 aromatic carbocycles. The molecule has 0 unspecified atom stereocenters. The van der Waals surface area contributed by atoms with Crippen molar-refractivity contribution in [1.82, 2.24) is 4.98 Å². The van der Waals surface area contributed by atoms with E-state index in [1.807, 2.05) is 6.20 Å². The summed E-state index contributed by atoms with van der Waals surface area (Å²) in [5, 5.41) is 0. The van der Waals surface area contributed by atoms with Crippen molar-refractivity contribution in [2.75, 3.05) is 36.9 Å². The van der Waals surface area contributed by atoms with Crippen molar-refractivity contribution in [3.05, 3.63) is 18.5 Å². The Labute approximate surface area is 393 Å². The molecule has 2 N–H and O–H groups in total. The highest BCUT2D eigenvalue weighted by Gasteiger charge is 2.36. The van der Waals surface area contributed by atoms with Crippen LogP contribution in [0.4, 0.5) is 11.4 Å². The summed E-state index contributed by atoms with van der Waals surface area (Å²) in [4.78, 5) is 6.78. The predicted octanol–water partition coefficient (Wildman–Crippen LogP) is 19.0. The van der Waals surface area contributed by atoms with Gasteiger partial charge in [0, 0.05) is 32.1 Å². The highest BCUT2D eigenvalue weighted by molar-refractivity contribution is 5.65. The number of anilines is 2. The van der Waals surface area contributed by atoms with Crippen LogP contribution in [0.3, 0.4) is 0 Å². The molecule has 0 radical (unpaired) electrons. The van der Waals surface area contributed by atoms with Crippen LogP contribution in [0.5, 0.6) is 0 Å². The lowest BCUT2D eigenvalue weighted by atomic mass is 10.0. The third-order valence-electron chi connectivity index (χ3n) is 15.0. The van der Waals surface area contributed by atoms with Crippen LogP contribution in [-0.2, 0) is 9.47 Å². The molecule has 63 heavy (non-hydrogen) atoms. The Hall–Kier alpha value is -1.33. The van der Waals surface area contributed by atoms with E-state index >= 15 is 0 Å². The van der Waals surface area contributed by atoms with Gasteiger partial charge in [0.2, 0.25) is 0 Å². The van der Waals surface area contributed by atoms with Crippen LogP contribution in [0.25, 0.3) is 0 Å². The molecular formula is C58H109N3O2. The van der Waals surface area contributed by atoms with E-state index in [-0.39, 0.29) is 0 Å². The van der Waals surface area contributed by atoms with E-state index in [0.717, 1.165) is 50.5 Å². The fourth-order valence-corrected chi connectivity index (χ4v) is 10.7. The molecule has 5 heteroatoms. The number of rotatable bonds is 1. The first-order valence-electron chi connectivity index (χ1n) is 29.0. The Kier molecular flexibility index (Phi) is 37.4. The molecule has 2 aliphatic rings. The maximum Gasteiger partial charge on any atom is 0.170 e. The number of hydrogen-bond donors (Lipinski definition) is 1. The lowest BCUT2D eigenvalue weighted by Crippen LogP contribution is -2.37. The van der Waals surface area contributed by atoms with Gasteiger partial charge >= 0.3 is 0 Å². The number of nitrogen functional groups attached to an aromatic ring is 1. The molecule has 2 fully saturated rings. The maximum atomic E-state index is 6.48. The summed E-state index contributed by atoms with van der Waals surface area (Å²) >= 11 is 0. The first kappa shape index (κ1) is 56.0. The van der Waals surface area contributed by atoms with Crippen LogP contribution >= 0.6 is 0 Å². The van der Waals surface area contributed by atoms with Crippen molar-refractivity contribution in [2.45, 2.75) is 314 Å². The van der Waals surface area contributed by atoms with Gasteiger partial charge in [-0.1, -0.05) is 283 Å². The van der Waals surface area contributed by atoms with Crippen LogP contribution in [0, 0.1) is 0 Å². The summed E-state index contributed by atoms with van der Waals surface area (Å²) in [6.45, 7) is 3.38. The zero-order chi connectivity index (χ0) is 44.2. The van der Waals surface area contributed by atoms with Gasteiger partial charge in [-0.15, -0.1) is 0 Å². The molecule has 2 aliphatic heterocycles. The van der Waals surface area contributed by atoms with E-state index in [1.165, 1.54) is 295 Å². The average molecular weight is 881 g/mol. The smallest absolute Gasteiger partial charge is 0.170 e. The van der Waals surface area contributed by atoms with Crippen LogP contribution in [0.15, 0.2) is 18.5 Å². The number of ether oxygens (including phenoxy) is 2. The third kappa shape index (κ3) is 32.1. The van der Waals surface area contributed by atoms with Gasteiger partial charge in [-0.05, 0) is 18.9 Å². The molecule has 0 aliphatic carbocycles. The Morgan fingerprint density at radius 3 is 0.905 bits per heavy atom. The molecule has 368 valence electrons. The van der Waals surface area contributed by atoms with E-state index in [2.05, 4.69) is 16.0 Å². The molecule has 1 aromatic rings. The third-order valence-corrected chi connectivity index (χ3v) is 15.0. The summed E-state index contributed by atoms with van der Waals surface area (Å²) in [7, 11) is 0. The summed E-state index contributed by atoms with van der Waals surface area (Å²) in [5.74, 6) is -0.429. The van der Waals surface area contributed by atoms with Crippen LogP contribution in [0.1, 0.15) is 308 Å². The number of nitrogens with two attached hydrogens (primary N) is 1. The number of hydrogen-bond acceptors (Lipinski definition) is 5. The number of nitrogens with zero attached hydrogens (tertiary/aromatic N) is 2. The molecule has 0 bridgehead atoms. The SMILES string of the molecule is Nc1cnccc1N1CCCCCCCCCCCCCCCCCCCCCCCCCCCCCCCCCCCCCCCCCCCCCCCCC2(CC1)OCCO2. The minimum absolute atomic E-state index is 0.429. The first-order valence-corrected chi connectivity index (χ1v) is 29.0. The van der Waals surface area contributed by atoms with Gasteiger partial charge in [-0.25, -0.2) is 0 Å². The summed E-state index contributed by atoms with van der Waals surface area (Å²) in [6.07, 6.45) is 71.7. The molecule has 0 atom stereocenters. The molecule has 5 nitrogen and oxygen atoms in total. The maximum absolute atomic E-state index is 6.48. The average Bonchev–Trinajstić information content (AvgIpc) is 3.77. The standard InChI is InChI=1S/C58H109N3O2/c59-56-55-60-50-47-57(56)61-51-46-44-42-40-38-36-34-32-30-28-26-24-22-20-18-16-14-12-10-8-6-4-2-1-3-5-7-9-11-13-15-17-19-21-23-25-27-29-31-33-35-37-39-41-43-45-48-58(49-52-61)62-53-54-63-58/h47,50,55H,1-46,48-49,51-54,59H2. The van der Waals surface area contributed by atoms with Gasteiger partial charge in [0.25, 0.3) is 0 Å². The zero-order valence-corrected chi connectivity index (χ0v) is 42.3. The van der Waals surface area contributed by atoms with Crippen molar-refractivity contribution in [2.24, 2.45) is 0 Å². The lowest BCUT2D eigenvalue weighted by molar-refractivity contribution is -0.166. The topological polar surface area (TPSA) is 60.6 Å². The van der Waals surface area contributed by atoms with E-state index in [9.17, 15) is 0 Å². The molecule has 0 saturated carbocycles. The second kappa shape index (κ2) is 42.1. The number of pyridine rings is 1. The van der Waals surface area contributed by atoms with Gasteiger partial charge in [-0.3, -0.25) is 4.98 Å². The molecule has 2 saturated heterocycles. The highest BCUT2D eigenvalue weighted by Crippen LogP contribution is 2.32. The van der Waals surface area contributed by atoms with Crippen LogP contribution in [0.2, 0.25) is 0 Å². The van der Waals surface area contributed by atoms with Gasteiger partial charge in [0.05, 0.1) is 30.8 Å². The van der Waals surface area contributed by atoms with Crippen molar-refractivity contribution >= 4 is 11.4 Å². The number of aromatic nitrogens is 1. The van der Waals surface area contributed by atoms with Crippen molar-refractivity contribution in [1.29, 1.82) is 0 Å². The summed E-state index contributed by atoms with van der Waals surface area (Å²) in [6, 6.07) is 2.09. The monoisotopic (exact) mass is 880 g/mol. The molecule has 3 rings (SSSR count). The van der Waals surface area contributed by atoms with E-state index in [1.54, 1.807) is 6.20 Å². The molecular weight excluding hydrogens is 771 g/mol. The minimum Gasteiger partial charge on any atom is -0.396 e. The summed E-state index contributed by atoms with van der Waals surface area (Å²) in [5.41, 5.74) is 8.38. The lowest BCUT2D eigenvalue weighted by Gasteiger charge is -2.32. The molecule has 3 heterocycles. The first-order chi connectivity index (χ1) is 31.3. The quantitative estimate of drug-likeness (QED) is 0.305. The Morgan fingerprint density at radius 2 is 0.619 bits per heavy atom.